The molecule has 0 aromatic carbocycles. The van der Waals surface area contributed by atoms with Crippen molar-refractivity contribution >= 4 is 5.57 Å². The van der Waals surface area contributed by atoms with Crippen molar-refractivity contribution in [3.05, 3.63) is 29.5 Å². The van der Waals surface area contributed by atoms with Crippen LogP contribution in [0.25, 0.3) is 5.57 Å². The molecule has 0 saturated heterocycles. The van der Waals surface area contributed by atoms with Crippen molar-refractivity contribution < 1.29 is 8.78 Å². The Morgan fingerprint density at radius 2 is 2.14 bits per heavy atom. The van der Waals surface area contributed by atoms with Crippen LogP contribution in [0, 0.1) is 6.92 Å². The topological polar surface area (TPSA) is 51.8 Å². The third-order valence-corrected chi connectivity index (χ3v) is 1.70. The highest BCUT2D eigenvalue weighted by Crippen LogP contribution is 2.18. The summed E-state index contributed by atoms with van der Waals surface area (Å²) in [4.78, 5) is 7.69. The Bertz CT molecular complexity index is 361. The lowest BCUT2D eigenvalue weighted by atomic mass is 10.2. The molecule has 0 unspecified atom stereocenters. The average molecular weight is 199 g/mol. The molecule has 14 heavy (non-hydrogen) atoms. The second-order valence-corrected chi connectivity index (χ2v) is 2.91. The minimum absolute atomic E-state index is 0.253. The number of alkyl halides is 2. The smallest absolute Gasteiger partial charge is 0.280 e. The van der Waals surface area contributed by atoms with E-state index in [0.29, 0.717) is 11.3 Å². The first-order valence-corrected chi connectivity index (χ1v) is 4.07. The van der Waals surface area contributed by atoms with E-state index >= 15 is 0 Å². The molecule has 1 aromatic rings. The largest absolute Gasteiger partial charge is 0.404 e. The van der Waals surface area contributed by atoms with Gasteiger partial charge in [-0.15, -0.1) is 0 Å². The van der Waals surface area contributed by atoms with Gasteiger partial charge in [0.2, 0.25) is 0 Å². The number of aromatic nitrogens is 2. The Hall–Kier alpha value is -1.52. The Kier molecular flexibility index (Phi) is 3.11. The van der Waals surface area contributed by atoms with Gasteiger partial charge in [0.05, 0.1) is 0 Å². The quantitative estimate of drug-likeness (QED) is 0.792. The first kappa shape index (κ1) is 10.6. The van der Waals surface area contributed by atoms with Crippen LogP contribution in [0.5, 0.6) is 0 Å². The lowest BCUT2D eigenvalue weighted by Gasteiger charge is -2.04. The number of allylic oxidation sites excluding steroid dienone is 1. The van der Waals surface area contributed by atoms with Gasteiger partial charge in [-0.05, 0) is 19.9 Å². The van der Waals surface area contributed by atoms with Crippen molar-refractivity contribution in [3.8, 4) is 0 Å². The molecule has 76 valence electrons. The number of halogens is 2. The van der Waals surface area contributed by atoms with Crippen LogP contribution < -0.4 is 5.73 Å². The first-order chi connectivity index (χ1) is 6.54. The van der Waals surface area contributed by atoms with Gasteiger partial charge in [0, 0.05) is 17.5 Å². The number of hydrogen-bond donors (Lipinski definition) is 1. The molecule has 0 atom stereocenters. The van der Waals surface area contributed by atoms with E-state index in [0.717, 1.165) is 0 Å². The summed E-state index contributed by atoms with van der Waals surface area (Å²) in [6, 6.07) is 1.26. The Labute approximate surface area is 80.7 Å². The second kappa shape index (κ2) is 4.13. The van der Waals surface area contributed by atoms with Crippen LogP contribution in [0.3, 0.4) is 0 Å². The van der Waals surface area contributed by atoms with Gasteiger partial charge >= 0.3 is 0 Å². The molecular weight excluding hydrogens is 188 g/mol. The standard InChI is InChI=1S/C9H11F2N3/c1-5(4-12)9-13-6(2)3-7(14-9)8(10)11/h3-4,8H,12H2,1-2H3. The van der Waals surface area contributed by atoms with Crippen LogP contribution in [-0.2, 0) is 0 Å². The maximum absolute atomic E-state index is 12.4. The number of nitrogens with two attached hydrogens (primary N) is 1. The molecule has 0 aliphatic rings. The highest BCUT2D eigenvalue weighted by molar-refractivity contribution is 5.56. The molecule has 0 fully saturated rings. The van der Waals surface area contributed by atoms with E-state index < -0.39 is 6.43 Å². The van der Waals surface area contributed by atoms with Gasteiger partial charge < -0.3 is 5.73 Å². The van der Waals surface area contributed by atoms with Gasteiger partial charge in [-0.1, -0.05) is 0 Å². The van der Waals surface area contributed by atoms with Gasteiger partial charge in [-0.25, -0.2) is 18.7 Å². The fourth-order valence-corrected chi connectivity index (χ4v) is 0.956. The molecule has 0 radical (unpaired) electrons. The lowest BCUT2D eigenvalue weighted by molar-refractivity contribution is 0.145. The lowest BCUT2D eigenvalue weighted by Crippen LogP contribution is -2.01. The zero-order valence-electron chi connectivity index (χ0n) is 7.96. The molecule has 0 saturated carbocycles. The Balaban J connectivity index is 3.20. The van der Waals surface area contributed by atoms with Crippen LogP contribution in [0.4, 0.5) is 8.78 Å². The molecule has 2 N–H and O–H groups in total. The summed E-state index contributed by atoms with van der Waals surface area (Å²) in [5, 5.41) is 0. The van der Waals surface area contributed by atoms with E-state index in [1.54, 1.807) is 13.8 Å². The maximum atomic E-state index is 12.4. The van der Waals surface area contributed by atoms with Crippen LogP contribution in [0.15, 0.2) is 12.3 Å². The van der Waals surface area contributed by atoms with E-state index in [1.807, 2.05) is 0 Å². The summed E-state index contributed by atoms with van der Waals surface area (Å²) in [5.41, 5.74) is 6.07. The zero-order valence-corrected chi connectivity index (χ0v) is 7.96. The number of aryl methyl sites for hydroxylation is 1. The SMILES string of the molecule is CC(=CN)c1nc(C)cc(C(F)F)n1. The average Bonchev–Trinajstić information content (AvgIpc) is 2.15. The predicted octanol–water partition coefficient (Wildman–Crippen LogP) is 2.04. The molecule has 0 spiro atoms. The van der Waals surface area contributed by atoms with Crippen molar-refractivity contribution in [2.45, 2.75) is 20.3 Å². The van der Waals surface area contributed by atoms with Crippen molar-refractivity contribution in [1.29, 1.82) is 0 Å². The monoisotopic (exact) mass is 199 g/mol. The molecular formula is C9H11F2N3. The van der Waals surface area contributed by atoms with E-state index in [-0.39, 0.29) is 11.5 Å². The number of rotatable bonds is 2. The zero-order chi connectivity index (χ0) is 10.7. The Morgan fingerprint density at radius 1 is 1.50 bits per heavy atom. The highest BCUT2D eigenvalue weighted by Gasteiger charge is 2.11. The second-order valence-electron chi connectivity index (χ2n) is 2.91. The minimum atomic E-state index is -2.58. The van der Waals surface area contributed by atoms with E-state index in [1.165, 1.54) is 12.3 Å². The van der Waals surface area contributed by atoms with Gasteiger partial charge in [-0.3, -0.25) is 0 Å². The van der Waals surface area contributed by atoms with Crippen molar-refractivity contribution in [2.24, 2.45) is 5.73 Å². The minimum Gasteiger partial charge on any atom is -0.404 e. The summed E-state index contributed by atoms with van der Waals surface area (Å²) < 4.78 is 24.7. The normalized spacial score (nSPS) is 12.2. The van der Waals surface area contributed by atoms with Crippen LogP contribution in [-0.4, -0.2) is 9.97 Å². The molecule has 1 heterocycles. The third kappa shape index (κ3) is 2.25. The first-order valence-electron chi connectivity index (χ1n) is 4.07. The number of hydrogen-bond acceptors (Lipinski definition) is 3. The molecule has 3 nitrogen and oxygen atoms in total. The molecule has 0 aliphatic heterocycles. The van der Waals surface area contributed by atoms with Crippen LogP contribution in [0.1, 0.15) is 30.6 Å². The molecule has 0 amide bonds. The molecule has 1 rings (SSSR count). The number of nitrogens with zero attached hydrogens (tertiary/aromatic N) is 2. The van der Waals surface area contributed by atoms with Crippen molar-refractivity contribution in [3.63, 3.8) is 0 Å². The fourth-order valence-electron chi connectivity index (χ4n) is 0.956. The van der Waals surface area contributed by atoms with Gasteiger partial charge in [0.15, 0.2) is 5.82 Å². The summed E-state index contributed by atoms with van der Waals surface area (Å²) in [5.74, 6) is 0.253. The molecule has 5 heteroatoms. The molecule has 1 aromatic heterocycles. The molecule has 0 aliphatic carbocycles. The van der Waals surface area contributed by atoms with Gasteiger partial charge in [0.25, 0.3) is 6.43 Å². The predicted molar refractivity (Wildman–Crippen MR) is 49.6 cm³/mol. The third-order valence-electron chi connectivity index (χ3n) is 1.70. The summed E-state index contributed by atoms with van der Waals surface area (Å²) >= 11 is 0. The highest BCUT2D eigenvalue weighted by atomic mass is 19.3. The summed E-state index contributed by atoms with van der Waals surface area (Å²) in [6.07, 6.45) is -1.29. The summed E-state index contributed by atoms with van der Waals surface area (Å²) in [6.45, 7) is 3.31. The summed E-state index contributed by atoms with van der Waals surface area (Å²) in [7, 11) is 0. The fraction of sp³-hybridized carbons (Fsp3) is 0.333. The van der Waals surface area contributed by atoms with Gasteiger partial charge in [0.1, 0.15) is 5.69 Å². The van der Waals surface area contributed by atoms with Crippen LogP contribution in [0.2, 0.25) is 0 Å². The van der Waals surface area contributed by atoms with Gasteiger partial charge in [-0.2, -0.15) is 0 Å². The van der Waals surface area contributed by atoms with E-state index in [9.17, 15) is 8.78 Å². The Morgan fingerprint density at radius 3 is 2.64 bits per heavy atom. The van der Waals surface area contributed by atoms with Crippen LogP contribution >= 0.6 is 0 Å². The van der Waals surface area contributed by atoms with E-state index in [2.05, 4.69) is 9.97 Å². The maximum Gasteiger partial charge on any atom is 0.280 e. The molecule has 0 bridgehead atoms. The van der Waals surface area contributed by atoms with Crippen molar-refractivity contribution in [1.82, 2.24) is 9.97 Å². The van der Waals surface area contributed by atoms with Crippen molar-refractivity contribution in [2.75, 3.05) is 0 Å². The van der Waals surface area contributed by atoms with E-state index in [4.69, 9.17) is 5.73 Å².